The summed E-state index contributed by atoms with van der Waals surface area (Å²) in [5.41, 5.74) is -1.19. The third kappa shape index (κ3) is 3.26. The second-order valence-electron chi connectivity index (χ2n) is 6.31. The Morgan fingerprint density at radius 1 is 1.41 bits per heavy atom. The molecule has 2 atom stereocenters. The van der Waals surface area contributed by atoms with Gasteiger partial charge in [0.1, 0.15) is 5.69 Å². The molecule has 1 amide bonds. The minimum atomic E-state index is -4.52. The summed E-state index contributed by atoms with van der Waals surface area (Å²) < 4.78 is 37.7. The lowest BCUT2D eigenvalue weighted by Crippen LogP contribution is -2.37. The minimum Gasteiger partial charge on any atom is -0.335 e. The maximum atomic E-state index is 12.6. The molecule has 0 unspecified atom stereocenters. The van der Waals surface area contributed by atoms with Crippen LogP contribution in [-0.4, -0.2) is 59.1 Å². The average molecular weight is 318 g/mol. The largest absolute Gasteiger partial charge is 0.432 e. The second-order valence-corrected chi connectivity index (χ2v) is 6.31. The minimum absolute atomic E-state index is 0.186. The number of likely N-dealkylation sites (N-methyl/N-ethyl adjacent to an activating group) is 1. The van der Waals surface area contributed by atoms with Gasteiger partial charge in [0, 0.05) is 25.2 Å². The van der Waals surface area contributed by atoms with Crippen molar-refractivity contribution in [3.05, 3.63) is 17.5 Å². The molecule has 2 rings (SSSR count). The first kappa shape index (κ1) is 16.8. The molecule has 1 aromatic rings. The Bertz CT molecular complexity index is 522. The van der Waals surface area contributed by atoms with Crippen LogP contribution < -0.4 is 0 Å². The van der Waals surface area contributed by atoms with E-state index in [9.17, 15) is 18.0 Å². The number of halogens is 3. The van der Waals surface area contributed by atoms with Crippen LogP contribution in [0.25, 0.3) is 0 Å². The third-order valence-corrected chi connectivity index (χ3v) is 4.24. The Kier molecular flexibility index (Phi) is 4.51. The van der Waals surface area contributed by atoms with Crippen molar-refractivity contribution in [2.75, 3.05) is 27.2 Å². The first-order valence-corrected chi connectivity index (χ1v) is 7.19. The lowest BCUT2D eigenvalue weighted by atomic mass is 9.91. The smallest absolute Gasteiger partial charge is 0.335 e. The van der Waals surface area contributed by atoms with Crippen LogP contribution in [0.15, 0.2) is 6.07 Å². The first-order chi connectivity index (χ1) is 10.1. The van der Waals surface area contributed by atoms with Gasteiger partial charge in [0.2, 0.25) is 0 Å². The quantitative estimate of drug-likeness (QED) is 0.928. The van der Waals surface area contributed by atoms with Crippen molar-refractivity contribution in [2.24, 2.45) is 11.8 Å². The van der Waals surface area contributed by atoms with Gasteiger partial charge in [-0.1, -0.05) is 13.8 Å². The van der Waals surface area contributed by atoms with E-state index in [4.69, 9.17) is 0 Å². The van der Waals surface area contributed by atoms with Gasteiger partial charge in [0.25, 0.3) is 5.91 Å². The highest BCUT2D eigenvalue weighted by atomic mass is 19.4. The molecule has 1 aliphatic heterocycles. The molecule has 22 heavy (non-hydrogen) atoms. The molecule has 1 N–H and O–H groups in total. The number of aromatic amines is 1. The number of hydrogen-bond donors (Lipinski definition) is 1. The van der Waals surface area contributed by atoms with E-state index in [1.807, 2.05) is 19.2 Å². The molecular weight excluding hydrogens is 297 g/mol. The number of nitrogens with one attached hydrogen (secondary N) is 1. The average Bonchev–Trinajstić information content (AvgIpc) is 3.04. The summed E-state index contributed by atoms with van der Waals surface area (Å²) in [6.45, 7) is 5.22. The van der Waals surface area contributed by atoms with Gasteiger partial charge >= 0.3 is 6.18 Å². The predicted octanol–water partition coefficient (Wildman–Crippen LogP) is 2.09. The molecule has 5 nitrogen and oxygen atoms in total. The van der Waals surface area contributed by atoms with Crippen molar-refractivity contribution >= 4 is 5.91 Å². The Balaban J connectivity index is 2.15. The van der Waals surface area contributed by atoms with E-state index in [0.717, 1.165) is 6.07 Å². The molecule has 2 heterocycles. The number of carbonyl (C=O) groups is 1. The SMILES string of the molecule is CC(C)[C@H]1CN(C(=O)c2cc(C(F)(F)F)[nH]n2)C[C@@H]1N(C)C. The van der Waals surface area contributed by atoms with Crippen molar-refractivity contribution in [1.29, 1.82) is 0 Å². The Morgan fingerprint density at radius 3 is 2.45 bits per heavy atom. The fourth-order valence-electron chi connectivity index (χ4n) is 2.92. The van der Waals surface area contributed by atoms with E-state index in [1.54, 1.807) is 4.90 Å². The van der Waals surface area contributed by atoms with Crippen LogP contribution in [0.1, 0.15) is 30.0 Å². The zero-order valence-corrected chi connectivity index (χ0v) is 13.1. The summed E-state index contributed by atoms with van der Waals surface area (Å²) >= 11 is 0. The van der Waals surface area contributed by atoms with Crippen molar-refractivity contribution in [2.45, 2.75) is 26.1 Å². The normalized spacial score (nSPS) is 22.9. The van der Waals surface area contributed by atoms with Crippen LogP contribution in [0.5, 0.6) is 0 Å². The molecule has 0 saturated carbocycles. The van der Waals surface area contributed by atoms with Crippen LogP contribution in [0, 0.1) is 11.8 Å². The molecule has 0 bridgehead atoms. The molecule has 8 heteroatoms. The van der Waals surface area contributed by atoms with Crippen LogP contribution in [0.2, 0.25) is 0 Å². The maximum absolute atomic E-state index is 12.6. The van der Waals surface area contributed by atoms with Gasteiger partial charge in [-0.3, -0.25) is 9.89 Å². The summed E-state index contributed by atoms with van der Waals surface area (Å²) in [5.74, 6) is 0.219. The van der Waals surface area contributed by atoms with E-state index >= 15 is 0 Å². The molecule has 0 aromatic carbocycles. The van der Waals surface area contributed by atoms with Crippen molar-refractivity contribution in [3.8, 4) is 0 Å². The Hall–Kier alpha value is -1.57. The van der Waals surface area contributed by atoms with Crippen LogP contribution in [0.4, 0.5) is 13.2 Å². The van der Waals surface area contributed by atoms with E-state index in [-0.39, 0.29) is 11.7 Å². The van der Waals surface area contributed by atoms with E-state index in [2.05, 4.69) is 23.8 Å². The number of carbonyl (C=O) groups excluding carboxylic acids is 1. The van der Waals surface area contributed by atoms with Gasteiger partial charge in [0.05, 0.1) is 0 Å². The van der Waals surface area contributed by atoms with Gasteiger partial charge in [-0.25, -0.2) is 0 Å². The molecule has 0 radical (unpaired) electrons. The van der Waals surface area contributed by atoms with Crippen LogP contribution in [0.3, 0.4) is 0 Å². The maximum Gasteiger partial charge on any atom is 0.432 e. The molecule has 1 fully saturated rings. The predicted molar refractivity (Wildman–Crippen MR) is 75.3 cm³/mol. The summed E-state index contributed by atoms with van der Waals surface area (Å²) in [7, 11) is 3.90. The van der Waals surface area contributed by atoms with E-state index in [0.29, 0.717) is 24.9 Å². The summed E-state index contributed by atoms with van der Waals surface area (Å²) in [6.07, 6.45) is -4.52. The summed E-state index contributed by atoms with van der Waals surface area (Å²) in [4.78, 5) is 16.0. The fourth-order valence-corrected chi connectivity index (χ4v) is 2.92. The summed E-state index contributed by atoms with van der Waals surface area (Å²) in [5, 5.41) is 5.40. The number of aromatic nitrogens is 2. The fraction of sp³-hybridized carbons (Fsp3) is 0.714. The topological polar surface area (TPSA) is 52.2 Å². The molecule has 1 saturated heterocycles. The number of rotatable bonds is 3. The van der Waals surface area contributed by atoms with Crippen molar-refractivity contribution < 1.29 is 18.0 Å². The number of hydrogen-bond acceptors (Lipinski definition) is 3. The number of amides is 1. The zero-order valence-electron chi connectivity index (χ0n) is 13.1. The van der Waals surface area contributed by atoms with Gasteiger partial charge in [0.15, 0.2) is 5.69 Å². The lowest BCUT2D eigenvalue weighted by molar-refractivity contribution is -0.141. The van der Waals surface area contributed by atoms with Crippen LogP contribution >= 0.6 is 0 Å². The standard InChI is InChI=1S/C14H21F3N4O/c1-8(2)9-6-21(7-11(9)20(3)4)13(22)10-5-12(19-18-10)14(15,16)17/h5,8-9,11H,6-7H2,1-4H3,(H,18,19)/t9-,11+/m1/s1. The Labute approximate surface area is 127 Å². The summed E-state index contributed by atoms with van der Waals surface area (Å²) in [6, 6.07) is 0.973. The first-order valence-electron chi connectivity index (χ1n) is 7.19. The molecule has 0 spiro atoms. The van der Waals surface area contributed by atoms with E-state index in [1.165, 1.54) is 0 Å². The van der Waals surface area contributed by atoms with Crippen LogP contribution in [-0.2, 0) is 6.18 Å². The van der Waals surface area contributed by atoms with Gasteiger partial charge in [-0.05, 0) is 25.9 Å². The zero-order chi connectivity index (χ0) is 16.7. The lowest BCUT2D eigenvalue weighted by Gasteiger charge is -2.27. The van der Waals surface area contributed by atoms with Crippen molar-refractivity contribution in [1.82, 2.24) is 20.0 Å². The molecule has 1 aliphatic rings. The highest BCUT2D eigenvalue weighted by molar-refractivity contribution is 5.92. The number of alkyl halides is 3. The monoisotopic (exact) mass is 318 g/mol. The van der Waals surface area contributed by atoms with Gasteiger partial charge in [-0.2, -0.15) is 18.3 Å². The van der Waals surface area contributed by atoms with Gasteiger partial charge in [-0.15, -0.1) is 0 Å². The number of H-pyrrole nitrogens is 1. The molecule has 1 aromatic heterocycles. The Morgan fingerprint density at radius 2 is 2.05 bits per heavy atom. The molecular formula is C14H21F3N4O. The third-order valence-electron chi connectivity index (χ3n) is 4.24. The highest BCUT2D eigenvalue weighted by Crippen LogP contribution is 2.30. The molecule has 0 aliphatic carbocycles. The number of nitrogens with zero attached hydrogens (tertiary/aromatic N) is 3. The van der Waals surface area contributed by atoms with Gasteiger partial charge < -0.3 is 9.80 Å². The highest BCUT2D eigenvalue weighted by Gasteiger charge is 2.40. The van der Waals surface area contributed by atoms with Crippen molar-refractivity contribution in [3.63, 3.8) is 0 Å². The number of likely N-dealkylation sites (tertiary alicyclic amines) is 1. The molecule has 124 valence electrons. The second kappa shape index (κ2) is 5.91. The van der Waals surface area contributed by atoms with E-state index < -0.39 is 17.8 Å².